The van der Waals surface area contributed by atoms with Crippen LogP contribution in [0.25, 0.3) is 11.4 Å². The van der Waals surface area contributed by atoms with E-state index in [9.17, 15) is 4.79 Å². The van der Waals surface area contributed by atoms with E-state index in [1.54, 1.807) is 6.07 Å². The maximum Gasteiger partial charge on any atom is 0.241 e. The highest BCUT2D eigenvalue weighted by molar-refractivity contribution is 6.33. The van der Waals surface area contributed by atoms with E-state index in [4.69, 9.17) is 20.9 Å². The van der Waals surface area contributed by atoms with Gasteiger partial charge in [-0.1, -0.05) is 46.6 Å². The number of piperidine rings is 1. The molecule has 2 atom stereocenters. The monoisotopic (exact) mass is 494 g/mol. The molecule has 0 spiro atoms. The van der Waals surface area contributed by atoms with Gasteiger partial charge in [0.2, 0.25) is 17.6 Å². The number of ether oxygens (including phenoxy) is 1. The van der Waals surface area contributed by atoms with Crippen LogP contribution in [0.15, 0.2) is 47.0 Å². The highest BCUT2D eigenvalue weighted by atomic mass is 35.5. The van der Waals surface area contributed by atoms with Crippen molar-refractivity contribution in [2.75, 3.05) is 13.1 Å². The van der Waals surface area contributed by atoms with Gasteiger partial charge in [-0.05, 0) is 58.4 Å². The largest absolute Gasteiger partial charge is 0.487 e. The maximum absolute atomic E-state index is 13.4. The zero-order valence-corrected chi connectivity index (χ0v) is 21.1. The third-order valence-corrected chi connectivity index (χ3v) is 7.09. The molecule has 184 valence electrons. The molecule has 2 aliphatic heterocycles. The fourth-order valence-corrected chi connectivity index (χ4v) is 5.29. The summed E-state index contributed by atoms with van der Waals surface area (Å²) in [5, 5.41) is 8.02. The Balaban J connectivity index is 1.24. The maximum atomic E-state index is 13.4. The summed E-state index contributed by atoms with van der Waals surface area (Å²) < 4.78 is 11.7. The number of nitrogens with one attached hydrogen (secondary N) is 1. The highest BCUT2D eigenvalue weighted by Crippen LogP contribution is 2.40. The zero-order valence-electron chi connectivity index (χ0n) is 20.4. The number of aromatic nitrogens is 2. The van der Waals surface area contributed by atoms with Crippen molar-refractivity contribution in [2.24, 2.45) is 5.92 Å². The average molecular weight is 495 g/mol. The molecule has 7 nitrogen and oxygen atoms in total. The van der Waals surface area contributed by atoms with Crippen molar-refractivity contribution in [1.29, 1.82) is 0 Å². The molecule has 0 radical (unpaired) electrons. The number of rotatable bonds is 5. The van der Waals surface area contributed by atoms with Gasteiger partial charge in [-0.2, -0.15) is 4.98 Å². The third-order valence-electron chi connectivity index (χ3n) is 6.76. The Labute approximate surface area is 210 Å². The molecule has 1 saturated heterocycles. The van der Waals surface area contributed by atoms with Crippen molar-refractivity contribution in [3.8, 4) is 17.1 Å². The number of likely N-dealkylation sites (tertiary alicyclic amines) is 1. The number of halogens is 1. The number of nitrogens with zero attached hydrogens (tertiary/aromatic N) is 3. The fourth-order valence-electron chi connectivity index (χ4n) is 5.07. The number of carbonyl (C=O) groups is 1. The second kappa shape index (κ2) is 9.63. The summed E-state index contributed by atoms with van der Waals surface area (Å²) in [6.07, 6.45) is 2.54. The molecule has 0 saturated carbocycles. The normalized spacial score (nSPS) is 21.7. The van der Waals surface area contributed by atoms with Crippen LogP contribution in [-0.4, -0.2) is 39.6 Å². The topological polar surface area (TPSA) is 80.5 Å². The van der Waals surface area contributed by atoms with Gasteiger partial charge in [0.15, 0.2) is 0 Å². The average Bonchev–Trinajstić information content (AvgIpc) is 3.27. The molecule has 5 rings (SSSR count). The SMILES string of the molecule is Cc1ccc2c(c1)C(NC(=O)C1CCCN(Cc3nc(-c4ccccc4Cl)no3)C1)CC(C)(C)O2. The van der Waals surface area contributed by atoms with E-state index in [0.717, 1.165) is 48.2 Å². The van der Waals surface area contributed by atoms with Crippen LogP contribution in [0.3, 0.4) is 0 Å². The molecule has 0 aliphatic carbocycles. The molecule has 1 fully saturated rings. The van der Waals surface area contributed by atoms with Crippen LogP contribution in [0, 0.1) is 12.8 Å². The van der Waals surface area contributed by atoms with E-state index in [2.05, 4.69) is 47.2 Å². The van der Waals surface area contributed by atoms with Crippen LogP contribution >= 0.6 is 11.6 Å². The summed E-state index contributed by atoms with van der Waals surface area (Å²) >= 11 is 6.27. The first-order valence-electron chi connectivity index (χ1n) is 12.2. The van der Waals surface area contributed by atoms with Crippen molar-refractivity contribution >= 4 is 17.5 Å². The first kappa shape index (κ1) is 23.8. The van der Waals surface area contributed by atoms with E-state index in [0.29, 0.717) is 29.8 Å². The van der Waals surface area contributed by atoms with E-state index in [1.165, 1.54) is 0 Å². The van der Waals surface area contributed by atoms with Crippen molar-refractivity contribution < 1.29 is 14.1 Å². The lowest BCUT2D eigenvalue weighted by Crippen LogP contribution is -2.46. The van der Waals surface area contributed by atoms with Gasteiger partial charge >= 0.3 is 0 Å². The highest BCUT2D eigenvalue weighted by Gasteiger charge is 2.36. The quantitative estimate of drug-likeness (QED) is 0.516. The van der Waals surface area contributed by atoms with E-state index in [-0.39, 0.29) is 23.5 Å². The van der Waals surface area contributed by atoms with Gasteiger partial charge in [-0.25, -0.2) is 0 Å². The van der Waals surface area contributed by atoms with Gasteiger partial charge in [0.05, 0.1) is 23.5 Å². The van der Waals surface area contributed by atoms with Crippen LogP contribution in [0.1, 0.15) is 56.2 Å². The standard InChI is InChI=1S/C27H31ClN4O3/c1-17-10-11-23-20(13-17)22(14-27(2,3)34-23)29-26(33)18-7-6-12-32(15-18)16-24-30-25(31-35-24)19-8-4-5-9-21(19)28/h4-5,8-11,13,18,22H,6-7,12,14-16H2,1-3H3,(H,29,33). The van der Waals surface area contributed by atoms with Crippen molar-refractivity contribution in [3.05, 3.63) is 64.5 Å². The molecule has 3 aromatic rings. The number of carbonyl (C=O) groups excluding carboxylic acids is 1. The molecule has 0 bridgehead atoms. The Morgan fingerprint density at radius 2 is 2.09 bits per heavy atom. The van der Waals surface area contributed by atoms with Crippen LogP contribution in [0.4, 0.5) is 0 Å². The van der Waals surface area contributed by atoms with Gasteiger partial charge < -0.3 is 14.6 Å². The Hall–Kier alpha value is -2.90. The number of fused-ring (bicyclic) bond motifs is 1. The number of aryl methyl sites for hydroxylation is 1. The summed E-state index contributed by atoms with van der Waals surface area (Å²) in [6, 6.07) is 13.5. The van der Waals surface area contributed by atoms with Crippen molar-refractivity contribution in [3.63, 3.8) is 0 Å². The van der Waals surface area contributed by atoms with Crippen LogP contribution in [0.5, 0.6) is 5.75 Å². The van der Waals surface area contributed by atoms with E-state index in [1.807, 2.05) is 30.3 Å². The lowest BCUT2D eigenvalue weighted by molar-refractivity contribution is -0.128. The second-order valence-corrected chi connectivity index (χ2v) is 10.6. The van der Waals surface area contributed by atoms with Crippen LogP contribution in [-0.2, 0) is 11.3 Å². The Bertz CT molecular complexity index is 1220. The number of hydrogen-bond acceptors (Lipinski definition) is 6. The summed E-state index contributed by atoms with van der Waals surface area (Å²) in [5.41, 5.74) is 2.62. The van der Waals surface area contributed by atoms with Crippen molar-refractivity contribution in [1.82, 2.24) is 20.4 Å². The van der Waals surface area contributed by atoms with Crippen molar-refractivity contribution in [2.45, 2.75) is 58.2 Å². The molecule has 2 aliphatic rings. The first-order chi connectivity index (χ1) is 16.8. The lowest BCUT2D eigenvalue weighted by Gasteiger charge is -2.39. The molecule has 8 heteroatoms. The van der Waals surface area contributed by atoms with Crippen LogP contribution < -0.4 is 10.1 Å². The zero-order chi connectivity index (χ0) is 24.6. The van der Waals surface area contributed by atoms with Gasteiger partial charge in [0.25, 0.3) is 0 Å². The summed E-state index contributed by atoms with van der Waals surface area (Å²) in [5.74, 6) is 1.86. The minimum Gasteiger partial charge on any atom is -0.487 e. The minimum atomic E-state index is -0.337. The second-order valence-electron chi connectivity index (χ2n) is 10.2. The molecular weight excluding hydrogens is 464 g/mol. The van der Waals surface area contributed by atoms with Gasteiger partial charge in [0.1, 0.15) is 11.4 Å². The molecule has 1 aromatic heterocycles. The van der Waals surface area contributed by atoms with Gasteiger partial charge in [-0.15, -0.1) is 0 Å². The summed E-state index contributed by atoms with van der Waals surface area (Å²) in [7, 11) is 0. The molecule has 1 N–H and O–H groups in total. The van der Waals surface area contributed by atoms with Gasteiger partial charge in [0, 0.05) is 24.1 Å². The van der Waals surface area contributed by atoms with Gasteiger partial charge in [-0.3, -0.25) is 9.69 Å². The lowest BCUT2D eigenvalue weighted by atomic mass is 9.88. The number of benzene rings is 2. The Morgan fingerprint density at radius 1 is 1.26 bits per heavy atom. The summed E-state index contributed by atoms with van der Waals surface area (Å²) in [6.45, 7) is 8.25. The third kappa shape index (κ3) is 5.36. The Morgan fingerprint density at radius 3 is 2.91 bits per heavy atom. The predicted molar refractivity (Wildman–Crippen MR) is 134 cm³/mol. The predicted octanol–water partition coefficient (Wildman–Crippen LogP) is 5.33. The fraction of sp³-hybridized carbons (Fsp3) is 0.444. The minimum absolute atomic E-state index is 0.0642. The van der Waals surface area contributed by atoms with Crippen LogP contribution in [0.2, 0.25) is 5.02 Å². The smallest absolute Gasteiger partial charge is 0.241 e. The number of hydrogen-bond donors (Lipinski definition) is 1. The van der Waals surface area contributed by atoms with E-state index < -0.39 is 0 Å². The molecule has 2 aromatic carbocycles. The summed E-state index contributed by atoms with van der Waals surface area (Å²) in [4.78, 5) is 20.1. The Kier molecular flexibility index (Phi) is 6.55. The molecule has 1 amide bonds. The number of amides is 1. The first-order valence-corrected chi connectivity index (χ1v) is 12.5. The molecule has 3 heterocycles. The molecule has 2 unspecified atom stereocenters. The van der Waals surface area contributed by atoms with E-state index >= 15 is 0 Å². The molecular formula is C27H31ClN4O3. The molecule has 35 heavy (non-hydrogen) atoms.